The van der Waals surface area contributed by atoms with Crippen LogP contribution >= 0.6 is 0 Å². The number of hydrogen-bond donors (Lipinski definition) is 2. The number of aliphatic hydroxyl groups excluding tert-OH is 1. The molecular formula is C13H25NO4S. The monoisotopic (exact) mass is 291 g/mol. The van der Waals surface area contributed by atoms with Gasteiger partial charge >= 0.3 is 0 Å². The van der Waals surface area contributed by atoms with Crippen LogP contribution in [0, 0.1) is 5.92 Å². The number of nitrogens with one attached hydrogen (secondary N) is 1. The van der Waals surface area contributed by atoms with Gasteiger partial charge in [-0.25, -0.2) is 8.93 Å². The number of hydrogen-bond acceptors (Lipinski definition) is 4. The van der Waals surface area contributed by atoms with Crippen LogP contribution in [0.1, 0.15) is 41.5 Å². The normalized spacial score (nSPS) is 43.2. The van der Waals surface area contributed by atoms with Gasteiger partial charge in [-0.05, 0) is 34.6 Å². The Morgan fingerprint density at radius 3 is 2.26 bits per heavy atom. The molecule has 0 aromatic heterocycles. The van der Waals surface area contributed by atoms with Crippen LogP contribution in [-0.2, 0) is 20.5 Å². The van der Waals surface area contributed by atoms with Gasteiger partial charge in [-0.1, -0.05) is 6.92 Å². The van der Waals surface area contributed by atoms with E-state index in [2.05, 4.69) is 4.72 Å². The van der Waals surface area contributed by atoms with Crippen LogP contribution in [0.3, 0.4) is 0 Å². The highest BCUT2D eigenvalue weighted by Gasteiger charge is 2.57. The number of aliphatic hydroxyl groups is 1. The van der Waals surface area contributed by atoms with Crippen LogP contribution in [0.25, 0.3) is 0 Å². The SMILES string of the molecule is C[C@H]1[C@@H](O)[C@@H]2OC(C)(C)O[C@@H]2[C@H]1NS(=O)C(C)(C)C. The molecule has 1 saturated heterocycles. The zero-order valence-corrected chi connectivity index (χ0v) is 13.3. The van der Waals surface area contributed by atoms with Crippen LogP contribution in [0.15, 0.2) is 0 Å². The van der Waals surface area contributed by atoms with Crippen molar-refractivity contribution in [3.63, 3.8) is 0 Å². The second-order valence-electron chi connectivity index (χ2n) is 6.94. The maximum Gasteiger partial charge on any atom is 0.163 e. The lowest BCUT2D eigenvalue weighted by Crippen LogP contribution is -2.47. The first-order chi connectivity index (χ1) is 8.53. The van der Waals surface area contributed by atoms with E-state index >= 15 is 0 Å². The maximum absolute atomic E-state index is 12.2. The molecule has 0 amide bonds. The van der Waals surface area contributed by atoms with Crippen LogP contribution in [0.5, 0.6) is 0 Å². The molecule has 0 aromatic carbocycles. The zero-order valence-electron chi connectivity index (χ0n) is 12.5. The smallest absolute Gasteiger partial charge is 0.163 e. The van der Waals surface area contributed by atoms with E-state index in [4.69, 9.17) is 9.47 Å². The summed E-state index contributed by atoms with van der Waals surface area (Å²) in [6.45, 7) is 11.3. The van der Waals surface area contributed by atoms with Crippen molar-refractivity contribution in [3.8, 4) is 0 Å². The number of fused-ring (bicyclic) bond motifs is 1. The molecule has 0 spiro atoms. The number of ether oxygens (including phenoxy) is 2. The van der Waals surface area contributed by atoms with Crippen molar-refractivity contribution in [2.45, 2.75) is 76.4 Å². The molecule has 1 aliphatic carbocycles. The molecular weight excluding hydrogens is 266 g/mol. The fourth-order valence-electron chi connectivity index (χ4n) is 2.64. The molecule has 2 N–H and O–H groups in total. The van der Waals surface area contributed by atoms with Crippen LogP contribution < -0.4 is 4.72 Å². The Morgan fingerprint density at radius 2 is 1.74 bits per heavy atom. The van der Waals surface area contributed by atoms with Crippen molar-refractivity contribution in [2.24, 2.45) is 5.92 Å². The van der Waals surface area contributed by atoms with E-state index in [-0.39, 0.29) is 28.9 Å². The summed E-state index contributed by atoms with van der Waals surface area (Å²) < 4.78 is 26.6. The Hall–Kier alpha value is -0.0100. The summed E-state index contributed by atoms with van der Waals surface area (Å²) in [6, 6.07) is -0.165. The Morgan fingerprint density at radius 1 is 1.21 bits per heavy atom. The maximum atomic E-state index is 12.2. The summed E-state index contributed by atoms with van der Waals surface area (Å²) in [6.07, 6.45) is -1.20. The van der Waals surface area contributed by atoms with Gasteiger partial charge in [0.15, 0.2) is 5.79 Å². The van der Waals surface area contributed by atoms with Crippen molar-refractivity contribution in [1.29, 1.82) is 0 Å². The predicted molar refractivity (Wildman–Crippen MR) is 73.8 cm³/mol. The van der Waals surface area contributed by atoms with E-state index in [9.17, 15) is 9.32 Å². The minimum Gasteiger partial charge on any atom is -0.390 e. The lowest BCUT2D eigenvalue weighted by atomic mass is 10.0. The Labute approximate surface area is 117 Å². The van der Waals surface area contributed by atoms with Crippen molar-refractivity contribution < 1.29 is 18.8 Å². The molecule has 1 heterocycles. The molecule has 2 aliphatic rings. The van der Waals surface area contributed by atoms with Gasteiger partial charge in [0.05, 0.1) is 27.9 Å². The molecule has 1 saturated carbocycles. The highest BCUT2D eigenvalue weighted by atomic mass is 32.2. The van der Waals surface area contributed by atoms with Gasteiger partial charge in [-0.2, -0.15) is 0 Å². The first kappa shape index (κ1) is 15.4. The third-order valence-corrected chi connectivity index (χ3v) is 5.36. The fourth-order valence-corrected chi connectivity index (χ4v) is 3.59. The molecule has 112 valence electrons. The summed E-state index contributed by atoms with van der Waals surface area (Å²) in [5, 5.41) is 10.2. The van der Waals surface area contributed by atoms with E-state index < -0.39 is 22.9 Å². The molecule has 5 nitrogen and oxygen atoms in total. The molecule has 0 bridgehead atoms. The molecule has 19 heavy (non-hydrogen) atoms. The summed E-state index contributed by atoms with van der Waals surface area (Å²) in [4.78, 5) is 0. The van der Waals surface area contributed by atoms with Crippen molar-refractivity contribution in [3.05, 3.63) is 0 Å². The van der Waals surface area contributed by atoms with Gasteiger partial charge < -0.3 is 14.6 Å². The van der Waals surface area contributed by atoms with Crippen LogP contribution in [0.4, 0.5) is 0 Å². The van der Waals surface area contributed by atoms with Gasteiger partial charge in [0, 0.05) is 5.92 Å². The summed E-state index contributed by atoms with van der Waals surface area (Å²) in [5.74, 6) is -0.753. The van der Waals surface area contributed by atoms with Crippen LogP contribution in [-0.4, -0.2) is 44.2 Å². The third kappa shape index (κ3) is 2.88. The summed E-state index contributed by atoms with van der Waals surface area (Å²) in [5.41, 5.74) is 0. The minimum absolute atomic E-state index is 0.0580. The second-order valence-corrected chi connectivity index (χ2v) is 8.94. The number of rotatable bonds is 2. The van der Waals surface area contributed by atoms with Crippen LogP contribution in [0.2, 0.25) is 0 Å². The highest BCUT2D eigenvalue weighted by molar-refractivity contribution is 7.84. The van der Waals surface area contributed by atoms with E-state index in [1.807, 2.05) is 41.5 Å². The van der Waals surface area contributed by atoms with E-state index in [1.54, 1.807) is 0 Å². The topological polar surface area (TPSA) is 67.8 Å². The standard InChI is InChI=1S/C13H25NO4S/c1-7-8(14-19(16)12(2,3)4)10-11(9(7)15)18-13(5,6)17-10/h7-11,14-15H,1-6H3/t7-,8+,9-,10-,11+,19?/m1/s1. The van der Waals surface area contributed by atoms with E-state index in [0.717, 1.165) is 0 Å². The van der Waals surface area contributed by atoms with E-state index in [0.29, 0.717) is 0 Å². The molecule has 2 fully saturated rings. The Kier molecular flexibility index (Phi) is 3.86. The van der Waals surface area contributed by atoms with E-state index in [1.165, 1.54) is 0 Å². The second kappa shape index (κ2) is 4.77. The van der Waals surface area contributed by atoms with Gasteiger partial charge in [0.25, 0.3) is 0 Å². The average Bonchev–Trinajstić information content (AvgIpc) is 2.66. The molecule has 1 aliphatic heterocycles. The van der Waals surface area contributed by atoms with Crippen molar-refractivity contribution in [1.82, 2.24) is 4.72 Å². The first-order valence-electron chi connectivity index (χ1n) is 6.75. The quantitative estimate of drug-likeness (QED) is 0.794. The predicted octanol–water partition coefficient (Wildman–Crippen LogP) is 0.937. The first-order valence-corrected chi connectivity index (χ1v) is 7.90. The van der Waals surface area contributed by atoms with Gasteiger partial charge in [-0.3, -0.25) is 0 Å². The molecule has 6 atom stereocenters. The van der Waals surface area contributed by atoms with Gasteiger partial charge in [-0.15, -0.1) is 0 Å². The Bertz CT molecular complexity index is 379. The fraction of sp³-hybridized carbons (Fsp3) is 1.00. The molecule has 2 rings (SSSR count). The zero-order chi connectivity index (χ0) is 14.6. The van der Waals surface area contributed by atoms with Crippen molar-refractivity contribution in [2.75, 3.05) is 0 Å². The Balaban J connectivity index is 2.14. The molecule has 6 heteroatoms. The third-order valence-electron chi connectivity index (χ3n) is 3.76. The summed E-state index contributed by atoms with van der Waals surface area (Å²) in [7, 11) is -1.19. The highest BCUT2D eigenvalue weighted by Crippen LogP contribution is 2.41. The van der Waals surface area contributed by atoms with Crippen molar-refractivity contribution >= 4 is 11.0 Å². The lowest BCUT2D eigenvalue weighted by Gasteiger charge is -2.29. The minimum atomic E-state index is -1.19. The van der Waals surface area contributed by atoms with Gasteiger partial charge in [0.2, 0.25) is 0 Å². The van der Waals surface area contributed by atoms with Gasteiger partial charge in [0.1, 0.15) is 12.2 Å². The lowest BCUT2D eigenvalue weighted by molar-refractivity contribution is -0.168. The molecule has 0 aromatic rings. The molecule has 0 radical (unpaired) electrons. The largest absolute Gasteiger partial charge is 0.390 e. The molecule has 1 unspecified atom stereocenters. The average molecular weight is 291 g/mol. The summed E-state index contributed by atoms with van der Waals surface area (Å²) >= 11 is 0.